The molecule has 1 heterocycles. The zero-order chi connectivity index (χ0) is 12.5. The van der Waals surface area contributed by atoms with Crippen LogP contribution in [0.25, 0.3) is 11.5 Å². The molecule has 0 atom stereocenters. The highest BCUT2D eigenvalue weighted by Crippen LogP contribution is 2.31. The Labute approximate surface area is 93.7 Å². The minimum absolute atomic E-state index is 0.0254. The standard InChI is InChI=1S/C10H7F3N2O2/c11-10(12,13)7-3-1-2-6(4-7)9-14-8(5-16)15-17-9/h1-4,16H,5H2. The van der Waals surface area contributed by atoms with Crippen LogP contribution >= 0.6 is 0 Å². The molecule has 0 aliphatic rings. The maximum Gasteiger partial charge on any atom is 0.416 e. The van der Waals surface area contributed by atoms with Crippen LogP contribution < -0.4 is 0 Å². The average molecular weight is 244 g/mol. The van der Waals surface area contributed by atoms with E-state index in [2.05, 4.69) is 10.1 Å². The molecule has 0 fully saturated rings. The molecule has 4 nitrogen and oxygen atoms in total. The van der Waals surface area contributed by atoms with Crippen molar-refractivity contribution in [2.45, 2.75) is 12.8 Å². The van der Waals surface area contributed by atoms with Crippen LogP contribution in [0.4, 0.5) is 13.2 Å². The molecular formula is C10H7F3N2O2. The topological polar surface area (TPSA) is 59.2 Å². The van der Waals surface area contributed by atoms with E-state index in [4.69, 9.17) is 9.63 Å². The highest BCUT2D eigenvalue weighted by atomic mass is 19.4. The van der Waals surface area contributed by atoms with Crippen LogP contribution in [0.2, 0.25) is 0 Å². The van der Waals surface area contributed by atoms with Gasteiger partial charge >= 0.3 is 6.18 Å². The fraction of sp³-hybridized carbons (Fsp3) is 0.200. The van der Waals surface area contributed by atoms with Gasteiger partial charge in [0.1, 0.15) is 6.61 Å². The SMILES string of the molecule is OCc1noc(-c2cccc(C(F)(F)F)c2)n1. The van der Waals surface area contributed by atoms with E-state index in [1.54, 1.807) is 0 Å². The van der Waals surface area contributed by atoms with Gasteiger partial charge < -0.3 is 9.63 Å². The van der Waals surface area contributed by atoms with Crippen LogP contribution in [0.1, 0.15) is 11.4 Å². The summed E-state index contributed by atoms with van der Waals surface area (Å²) < 4.78 is 42.1. The van der Waals surface area contributed by atoms with E-state index in [0.29, 0.717) is 0 Å². The zero-order valence-corrected chi connectivity index (χ0v) is 8.40. The third kappa shape index (κ3) is 2.44. The smallest absolute Gasteiger partial charge is 0.388 e. The molecule has 7 heteroatoms. The average Bonchev–Trinajstić information content (AvgIpc) is 2.76. The molecule has 1 aromatic heterocycles. The first-order valence-electron chi connectivity index (χ1n) is 4.62. The molecule has 2 rings (SSSR count). The number of hydrogen-bond donors (Lipinski definition) is 1. The molecule has 1 N–H and O–H groups in total. The second kappa shape index (κ2) is 4.17. The first-order chi connectivity index (χ1) is 8.00. The Balaban J connectivity index is 2.39. The summed E-state index contributed by atoms with van der Waals surface area (Å²) in [6, 6.07) is 4.53. The van der Waals surface area contributed by atoms with Gasteiger partial charge in [-0.15, -0.1) is 0 Å². The molecule has 0 saturated heterocycles. The normalized spacial score (nSPS) is 11.8. The number of nitrogens with zero attached hydrogens (tertiary/aromatic N) is 2. The molecule has 0 aliphatic heterocycles. The van der Waals surface area contributed by atoms with E-state index in [0.717, 1.165) is 12.1 Å². The second-order valence-electron chi connectivity index (χ2n) is 3.25. The third-order valence-corrected chi connectivity index (χ3v) is 2.05. The van der Waals surface area contributed by atoms with Crippen molar-refractivity contribution in [3.8, 4) is 11.5 Å². The van der Waals surface area contributed by atoms with Crippen LogP contribution in [0, 0.1) is 0 Å². The molecule has 1 aromatic carbocycles. The van der Waals surface area contributed by atoms with E-state index in [9.17, 15) is 13.2 Å². The zero-order valence-electron chi connectivity index (χ0n) is 8.40. The predicted octanol–water partition coefficient (Wildman–Crippen LogP) is 2.25. The molecule has 90 valence electrons. The highest BCUT2D eigenvalue weighted by Gasteiger charge is 2.30. The summed E-state index contributed by atoms with van der Waals surface area (Å²) in [6.07, 6.45) is -4.42. The predicted molar refractivity (Wildman–Crippen MR) is 50.7 cm³/mol. The molecule has 0 radical (unpaired) electrons. The van der Waals surface area contributed by atoms with Gasteiger partial charge in [-0.3, -0.25) is 0 Å². The number of aliphatic hydroxyl groups excluding tert-OH is 1. The van der Waals surface area contributed by atoms with Crippen LogP contribution in [0.5, 0.6) is 0 Å². The van der Waals surface area contributed by atoms with Gasteiger partial charge in [0.2, 0.25) is 0 Å². The largest absolute Gasteiger partial charge is 0.416 e. The molecule has 0 spiro atoms. The van der Waals surface area contributed by atoms with E-state index < -0.39 is 18.3 Å². The van der Waals surface area contributed by atoms with Gasteiger partial charge in [0.25, 0.3) is 5.89 Å². The highest BCUT2D eigenvalue weighted by molar-refractivity contribution is 5.54. The third-order valence-electron chi connectivity index (χ3n) is 2.05. The first kappa shape index (κ1) is 11.6. The van der Waals surface area contributed by atoms with Gasteiger partial charge in [0, 0.05) is 5.56 Å². The van der Waals surface area contributed by atoms with Gasteiger partial charge in [-0.05, 0) is 18.2 Å². The molecule has 0 unspecified atom stereocenters. The first-order valence-corrected chi connectivity index (χ1v) is 4.62. The lowest BCUT2D eigenvalue weighted by molar-refractivity contribution is -0.137. The van der Waals surface area contributed by atoms with Crippen molar-refractivity contribution in [1.82, 2.24) is 10.1 Å². The van der Waals surface area contributed by atoms with Gasteiger partial charge in [-0.25, -0.2) is 0 Å². The Hall–Kier alpha value is -1.89. The molecule has 0 bridgehead atoms. The van der Waals surface area contributed by atoms with Gasteiger partial charge in [0.15, 0.2) is 5.82 Å². The lowest BCUT2D eigenvalue weighted by atomic mass is 10.1. The summed E-state index contributed by atoms with van der Waals surface area (Å²) in [6.45, 7) is -0.428. The fourth-order valence-corrected chi connectivity index (χ4v) is 1.26. The van der Waals surface area contributed by atoms with E-state index >= 15 is 0 Å². The Morgan fingerprint density at radius 1 is 1.29 bits per heavy atom. The van der Waals surface area contributed by atoms with E-state index in [1.165, 1.54) is 12.1 Å². The maximum atomic E-state index is 12.4. The molecule has 0 amide bonds. The number of aliphatic hydroxyl groups is 1. The Kier molecular flexibility index (Phi) is 2.84. The van der Waals surface area contributed by atoms with Gasteiger partial charge in [-0.2, -0.15) is 18.2 Å². The lowest BCUT2D eigenvalue weighted by Crippen LogP contribution is -2.04. The Morgan fingerprint density at radius 3 is 2.65 bits per heavy atom. The van der Waals surface area contributed by atoms with Crippen LogP contribution in [0.3, 0.4) is 0 Å². The summed E-state index contributed by atoms with van der Waals surface area (Å²) in [5, 5.41) is 12.1. The summed E-state index contributed by atoms with van der Waals surface area (Å²) in [5.41, 5.74) is -0.634. The summed E-state index contributed by atoms with van der Waals surface area (Å²) in [7, 11) is 0. The van der Waals surface area contributed by atoms with Gasteiger partial charge in [-0.1, -0.05) is 11.2 Å². The number of benzene rings is 1. The molecule has 0 saturated carbocycles. The van der Waals surface area contributed by atoms with Crippen molar-refractivity contribution in [1.29, 1.82) is 0 Å². The lowest BCUT2D eigenvalue weighted by Gasteiger charge is -2.06. The summed E-state index contributed by atoms with van der Waals surface area (Å²) >= 11 is 0. The van der Waals surface area contributed by atoms with Crippen LogP contribution in [-0.2, 0) is 12.8 Å². The van der Waals surface area contributed by atoms with Crippen molar-refractivity contribution in [2.24, 2.45) is 0 Å². The number of halogens is 3. The minimum atomic E-state index is -4.42. The second-order valence-corrected chi connectivity index (χ2v) is 3.25. The van der Waals surface area contributed by atoms with Crippen molar-refractivity contribution < 1.29 is 22.8 Å². The van der Waals surface area contributed by atoms with Crippen molar-refractivity contribution in [3.63, 3.8) is 0 Å². The van der Waals surface area contributed by atoms with Gasteiger partial charge in [0.05, 0.1) is 5.56 Å². The van der Waals surface area contributed by atoms with E-state index in [1.807, 2.05) is 0 Å². The Morgan fingerprint density at radius 2 is 2.06 bits per heavy atom. The van der Waals surface area contributed by atoms with Crippen molar-refractivity contribution in [3.05, 3.63) is 35.7 Å². The van der Waals surface area contributed by atoms with Crippen molar-refractivity contribution >= 4 is 0 Å². The monoisotopic (exact) mass is 244 g/mol. The van der Waals surface area contributed by atoms with Crippen LogP contribution in [-0.4, -0.2) is 15.2 Å². The molecular weight excluding hydrogens is 237 g/mol. The summed E-state index contributed by atoms with van der Waals surface area (Å²) in [4.78, 5) is 3.73. The number of aromatic nitrogens is 2. The Bertz CT molecular complexity index is 522. The minimum Gasteiger partial charge on any atom is -0.388 e. The van der Waals surface area contributed by atoms with Crippen molar-refractivity contribution in [2.75, 3.05) is 0 Å². The molecule has 0 aliphatic carbocycles. The van der Waals surface area contributed by atoms with Crippen LogP contribution in [0.15, 0.2) is 28.8 Å². The molecule has 17 heavy (non-hydrogen) atoms. The van der Waals surface area contributed by atoms with E-state index in [-0.39, 0.29) is 17.3 Å². The fourth-order valence-electron chi connectivity index (χ4n) is 1.26. The number of alkyl halides is 3. The quantitative estimate of drug-likeness (QED) is 0.880. The number of rotatable bonds is 2. The summed E-state index contributed by atoms with van der Waals surface area (Å²) in [5.74, 6) is -0.0300. The molecule has 2 aromatic rings. The maximum absolute atomic E-state index is 12.4. The number of hydrogen-bond acceptors (Lipinski definition) is 4.